The molecule has 0 amide bonds. The van der Waals surface area contributed by atoms with Crippen LogP contribution in [0.3, 0.4) is 0 Å². The van der Waals surface area contributed by atoms with Crippen LogP contribution in [-0.4, -0.2) is 27.8 Å². The SMILES string of the molecule is COC(=O)C(OS(C)(=O)=O)c1ccccc1OCc1ccccc1. The summed E-state index contributed by atoms with van der Waals surface area (Å²) in [6.45, 7) is 0.268. The molecule has 0 saturated carbocycles. The van der Waals surface area contributed by atoms with Crippen LogP contribution in [0.2, 0.25) is 0 Å². The Labute approximate surface area is 141 Å². The van der Waals surface area contributed by atoms with Gasteiger partial charge in [-0.2, -0.15) is 8.42 Å². The largest absolute Gasteiger partial charge is 0.489 e. The Balaban J connectivity index is 2.29. The maximum atomic E-state index is 11.9. The van der Waals surface area contributed by atoms with Gasteiger partial charge in [-0.3, -0.25) is 0 Å². The van der Waals surface area contributed by atoms with Gasteiger partial charge in [0.2, 0.25) is 6.10 Å². The molecular formula is C17H18O6S. The summed E-state index contributed by atoms with van der Waals surface area (Å²) >= 11 is 0. The highest BCUT2D eigenvalue weighted by Crippen LogP contribution is 2.30. The van der Waals surface area contributed by atoms with Crippen molar-refractivity contribution in [2.75, 3.05) is 13.4 Å². The van der Waals surface area contributed by atoms with Crippen LogP contribution in [-0.2, 0) is 30.4 Å². The van der Waals surface area contributed by atoms with E-state index in [1.54, 1.807) is 24.3 Å². The van der Waals surface area contributed by atoms with E-state index in [1.807, 2.05) is 30.3 Å². The van der Waals surface area contributed by atoms with Gasteiger partial charge in [-0.1, -0.05) is 48.5 Å². The van der Waals surface area contributed by atoms with E-state index in [4.69, 9.17) is 8.92 Å². The van der Waals surface area contributed by atoms with Crippen molar-refractivity contribution in [3.8, 4) is 5.75 Å². The highest BCUT2D eigenvalue weighted by molar-refractivity contribution is 7.86. The first-order valence-corrected chi connectivity index (χ1v) is 8.94. The number of methoxy groups -OCH3 is 1. The monoisotopic (exact) mass is 350 g/mol. The third kappa shape index (κ3) is 5.07. The molecule has 0 N–H and O–H groups in total. The van der Waals surface area contributed by atoms with E-state index < -0.39 is 22.2 Å². The average Bonchev–Trinajstić information content (AvgIpc) is 2.57. The number of hydrogen-bond donors (Lipinski definition) is 0. The van der Waals surface area contributed by atoms with E-state index >= 15 is 0 Å². The number of benzene rings is 2. The summed E-state index contributed by atoms with van der Waals surface area (Å²) in [7, 11) is -2.71. The summed E-state index contributed by atoms with van der Waals surface area (Å²) in [6.07, 6.45) is -0.548. The molecule has 0 aliphatic rings. The van der Waals surface area contributed by atoms with Crippen LogP contribution in [0.1, 0.15) is 17.2 Å². The molecule has 128 valence electrons. The Morgan fingerprint density at radius 2 is 1.67 bits per heavy atom. The van der Waals surface area contributed by atoms with Crippen molar-refractivity contribution in [3.05, 3.63) is 65.7 Å². The van der Waals surface area contributed by atoms with Crippen LogP contribution >= 0.6 is 0 Å². The summed E-state index contributed by atoms with van der Waals surface area (Å²) in [4.78, 5) is 11.9. The molecule has 1 atom stereocenters. The second-order valence-electron chi connectivity index (χ2n) is 5.02. The molecular weight excluding hydrogens is 332 g/mol. The molecule has 0 fully saturated rings. The van der Waals surface area contributed by atoms with E-state index in [1.165, 1.54) is 0 Å². The van der Waals surface area contributed by atoms with Crippen molar-refractivity contribution in [1.82, 2.24) is 0 Å². The number of para-hydroxylation sites is 1. The Morgan fingerprint density at radius 1 is 1.04 bits per heavy atom. The van der Waals surface area contributed by atoms with Crippen LogP contribution in [0, 0.1) is 0 Å². The summed E-state index contributed by atoms with van der Waals surface area (Å²) < 4.78 is 38.2. The highest BCUT2D eigenvalue weighted by Gasteiger charge is 2.29. The quantitative estimate of drug-likeness (QED) is 0.564. The first-order chi connectivity index (χ1) is 11.4. The average molecular weight is 350 g/mol. The normalized spacial score (nSPS) is 12.4. The maximum Gasteiger partial charge on any atom is 0.341 e. The molecule has 2 rings (SSSR count). The maximum absolute atomic E-state index is 11.9. The Morgan fingerprint density at radius 3 is 2.29 bits per heavy atom. The second kappa shape index (κ2) is 7.94. The fraction of sp³-hybridized carbons (Fsp3) is 0.235. The van der Waals surface area contributed by atoms with Gasteiger partial charge in [-0.15, -0.1) is 0 Å². The van der Waals surface area contributed by atoms with E-state index in [9.17, 15) is 13.2 Å². The van der Waals surface area contributed by atoms with Gasteiger partial charge in [0.25, 0.3) is 10.1 Å². The molecule has 0 saturated heterocycles. The number of hydrogen-bond acceptors (Lipinski definition) is 6. The Kier molecular flexibility index (Phi) is 5.94. The molecule has 0 heterocycles. The lowest BCUT2D eigenvalue weighted by Gasteiger charge is -2.18. The van der Waals surface area contributed by atoms with Gasteiger partial charge < -0.3 is 9.47 Å². The van der Waals surface area contributed by atoms with Crippen LogP contribution in [0.15, 0.2) is 54.6 Å². The van der Waals surface area contributed by atoms with Gasteiger partial charge in [0, 0.05) is 5.56 Å². The molecule has 0 spiro atoms. The summed E-state index contributed by atoms with van der Waals surface area (Å²) in [5.74, 6) is -0.475. The van der Waals surface area contributed by atoms with Gasteiger partial charge >= 0.3 is 5.97 Å². The summed E-state index contributed by atoms with van der Waals surface area (Å²) in [5, 5.41) is 0. The predicted molar refractivity (Wildman–Crippen MR) is 87.9 cm³/mol. The van der Waals surface area contributed by atoms with E-state index in [-0.39, 0.29) is 12.2 Å². The lowest BCUT2D eigenvalue weighted by Crippen LogP contribution is -2.21. The van der Waals surface area contributed by atoms with Crippen LogP contribution in [0.5, 0.6) is 5.75 Å². The molecule has 0 aliphatic heterocycles. The minimum atomic E-state index is -3.87. The smallest absolute Gasteiger partial charge is 0.341 e. The van der Waals surface area contributed by atoms with Crippen molar-refractivity contribution in [1.29, 1.82) is 0 Å². The first-order valence-electron chi connectivity index (χ1n) is 7.12. The standard InChI is InChI=1S/C17H18O6S/c1-21-17(18)16(23-24(2,19)20)14-10-6-7-11-15(14)22-12-13-8-4-3-5-9-13/h3-11,16H,12H2,1-2H3. The van der Waals surface area contributed by atoms with E-state index in [2.05, 4.69) is 4.74 Å². The third-order valence-electron chi connectivity index (χ3n) is 3.12. The molecule has 2 aromatic carbocycles. The van der Waals surface area contributed by atoms with Crippen molar-refractivity contribution >= 4 is 16.1 Å². The number of esters is 1. The molecule has 0 aliphatic carbocycles. The molecule has 6 nitrogen and oxygen atoms in total. The lowest BCUT2D eigenvalue weighted by molar-refractivity contribution is -0.149. The number of carbonyl (C=O) groups is 1. The summed E-state index contributed by atoms with van der Waals surface area (Å²) in [6, 6.07) is 16.0. The topological polar surface area (TPSA) is 78.9 Å². The van der Waals surface area contributed by atoms with Crippen LogP contribution < -0.4 is 4.74 Å². The zero-order valence-corrected chi connectivity index (χ0v) is 14.2. The van der Waals surface area contributed by atoms with E-state index in [0.29, 0.717) is 5.75 Å². The lowest BCUT2D eigenvalue weighted by atomic mass is 10.1. The molecule has 2 aromatic rings. The van der Waals surface area contributed by atoms with Gasteiger partial charge in [0.15, 0.2) is 0 Å². The van der Waals surface area contributed by atoms with E-state index in [0.717, 1.165) is 18.9 Å². The minimum Gasteiger partial charge on any atom is -0.489 e. The molecule has 1 unspecified atom stereocenters. The Hall–Kier alpha value is -2.38. The molecule has 0 bridgehead atoms. The zero-order chi connectivity index (χ0) is 17.6. The fourth-order valence-electron chi connectivity index (χ4n) is 2.06. The third-order valence-corrected chi connectivity index (χ3v) is 3.67. The van der Waals surface area contributed by atoms with Crippen molar-refractivity contribution < 1.29 is 26.9 Å². The summed E-state index contributed by atoms with van der Waals surface area (Å²) in [5.41, 5.74) is 1.22. The first kappa shape index (κ1) is 18.0. The van der Waals surface area contributed by atoms with Gasteiger partial charge in [0.1, 0.15) is 12.4 Å². The highest BCUT2D eigenvalue weighted by atomic mass is 32.2. The van der Waals surface area contributed by atoms with Crippen molar-refractivity contribution in [3.63, 3.8) is 0 Å². The van der Waals surface area contributed by atoms with Gasteiger partial charge in [-0.05, 0) is 11.6 Å². The van der Waals surface area contributed by atoms with Gasteiger partial charge in [0.05, 0.1) is 13.4 Å². The van der Waals surface area contributed by atoms with Crippen LogP contribution in [0.4, 0.5) is 0 Å². The fourth-order valence-corrected chi connectivity index (χ4v) is 2.60. The van der Waals surface area contributed by atoms with Crippen LogP contribution in [0.25, 0.3) is 0 Å². The predicted octanol–water partition coefficient (Wildman–Crippen LogP) is 2.46. The van der Waals surface area contributed by atoms with Crippen molar-refractivity contribution in [2.24, 2.45) is 0 Å². The number of ether oxygens (including phenoxy) is 2. The zero-order valence-electron chi connectivity index (χ0n) is 13.3. The number of rotatable bonds is 7. The number of carbonyl (C=O) groups excluding carboxylic acids is 1. The molecule has 0 aromatic heterocycles. The van der Waals surface area contributed by atoms with Crippen molar-refractivity contribution in [2.45, 2.75) is 12.7 Å². The second-order valence-corrected chi connectivity index (χ2v) is 6.62. The minimum absolute atomic E-state index is 0.268. The molecule has 0 radical (unpaired) electrons. The Bertz CT molecular complexity index is 786. The molecule has 7 heteroatoms. The van der Waals surface area contributed by atoms with Gasteiger partial charge in [-0.25, -0.2) is 8.98 Å². The molecule has 24 heavy (non-hydrogen) atoms.